The van der Waals surface area contributed by atoms with Gasteiger partial charge in [-0.1, -0.05) is 0 Å². The van der Waals surface area contributed by atoms with Crippen LogP contribution < -0.4 is 4.72 Å². The van der Waals surface area contributed by atoms with Crippen LogP contribution in [0, 0.1) is 6.92 Å². The van der Waals surface area contributed by atoms with Gasteiger partial charge in [0.2, 0.25) is 10.0 Å². The average Bonchev–Trinajstić information content (AvgIpc) is 2.88. The molecule has 2 aromatic rings. The van der Waals surface area contributed by atoms with Crippen LogP contribution in [-0.2, 0) is 16.4 Å². The van der Waals surface area contributed by atoms with Crippen LogP contribution >= 0.6 is 11.3 Å². The highest BCUT2D eigenvalue weighted by Crippen LogP contribution is 2.11. The van der Waals surface area contributed by atoms with Crippen LogP contribution in [0.3, 0.4) is 0 Å². The Bertz CT molecular complexity index is 574. The Kier molecular flexibility index (Phi) is 3.55. The van der Waals surface area contributed by atoms with E-state index in [0.717, 1.165) is 5.01 Å². The predicted octanol–water partition coefficient (Wildman–Crippen LogP) is 0.696. The van der Waals surface area contributed by atoms with E-state index in [1.165, 1.54) is 17.5 Å². The standard InChI is InChI=1S/C9H12N4O2S2/c1-7-8(6-11-13-7)17(14,15)12-3-2-9-10-4-5-16-9/h4-6,12H,2-3H2,1H3,(H,11,13). The van der Waals surface area contributed by atoms with E-state index >= 15 is 0 Å². The van der Waals surface area contributed by atoms with Gasteiger partial charge in [-0.05, 0) is 6.92 Å². The smallest absolute Gasteiger partial charge is 0.243 e. The zero-order chi connectivity index (χ0) is 12.3. The number of nitrogens with zero attached hydrogens (tertiary/aromatic N) is 2. The largest absolute Gasteiger partial charge is 0.281 e. The summed E-state index contributed by atoms with van der Waals surface area (Å²) >= 11 is 1.51. The molecule has 0 aliphatic carbocycles. The number of thiazole rings is 1. The lowest BCUT2D eigenvalue weighted by atomic mass is 10.5. The first-order chi connectivity index (χ1) is 8.09. The van der Waals surface area contributed by atoms with Crippen LogP contribution in [0.1, 0.15) is 10.7 Å². The summed E-state index contributed by atoms with van der Waals surface area (Å²) in [4.78, 5) is 4.27. The Labute approximate surface area is 103 Å². The highest BCUT2D eigenvalue weighted by atomic mass is 32.2. The topological polar surface area (TPSA) is 87.7 Å². The number of H-pyrrole nitrogens is 1. The molecule has 2 rings (SSSR count). The lowest BCUT2D eigenvalue weighted by Gasteiger charge is -2.04. The highest BCUT2D eigenvalue weighted by Gasteiger charge is 2.17. The molecule has 8 heteroatoms. The Morgan fingerprint density at radius 1 is 1.53 bits per heavy atom. The van der Waals surface area contributed by atoms with Crippen molar-refractivity contribution in [3.8, 4) is 0 Å². The third-order valence-corrected chi connectivity index (χ3v) is 4.60. The van der Waals surface area contributed by atoms with Gasteiger partial charge in [0, 0.05) is 24.5 Å². The second-order valence-electron chi connectivity index (χ2n) is 3.43. The SMILES string of the molecule is Cc1[nH]ncc1S(=O)(=O)NCCc1nccs1. The summed E-state index contributed by atoms with van der Waals surface area (Å²) in [6, 6.07) is 0. The predicted molar refractivity (Wildman–Crippen MR) is 64.3 cm³/mol. The van der Waals surface area contributed by atoms with Gasteiger partial charge in [-0.2, -0.15) is 5.10 Å². The maximum atomic E-state index is 11.9. The summed E-state index contributed by atoms with van der Waals surface area (Å²) in [5, 5.41) is 9.07. The molecule has 2 heterocycles. The Balaban J connectivity index is 1.97. The molecule has 0 radical (unpaired) electrons. The summed E-state index contributed by atoms with van der Waals surface area (Å²) in [7, 11) is -3.47. The monoisotopic (exact) mass is 272 g/mol. The molecule has 6 nitrogen and oxygen atoms in total. The summed E-state index contributed by atoms with van der Waals surface area (Å²) in [6.07, 6.45) is 3.60. The first-order valence-electron chi connectivity index (χ1n) is 4.97. The summed E-state index contributed by atoms with van der Waals surface area (Å²) < 4.78 is 26.2. The molecule has 0 fully saturated rings. The van der Waals surface area contributed by atoms with Crippen molar-refractivity contribution < 1.29 is 8.42 Å². The maximum Gasteiger partial charge on any atom is 0.243 e. The lowest BCUT2D eigenvalue weighted by molar-refractivity contribution is 0.581. The number of rotatable bonds is 5. The van der Waals surface area contributed by atoms with Crippen molar-refractivity contribution in [2.45, 2.75) is 18.2 Å². The van der Waals surface area contributed by atoms with Crippen molar-refractivity contribution in [3.63, 3.8) is 0 Å². The Morgan fingerprint density at radius 2 is 2.35 bits per heavy atom. The second-order valence-corrected chi connectivity index (χ2v) is 6.15. The molecule has 0 atom stereocenters. The minimum absolute atomic E-state index is 0.191. The molecule has 0 aliphatic heterocycles. The molecule has 0 unspecified atom stereocenters. The van der Waals surface area contributed by atoms with E-state index in [1.807, 2.05) is 5.38 Å². The summed E-state index contributed by atoms with van der Waals surface area (Å²) in [5.74, 6) is 0. The first-order valence-corrected chi connectivity index (χ1v) is 7.34. The van der Waals surface area contributed by atoms with E-state index in [9.17, 15) is 8.42 Å². The van der Waals surface area contributed by atoms with Gasteiger partial charge in [0.05, 0.1) is 16.9 Å². The van der Waals surface area contributed by atoms with Gasteiger partial charge in [-0.25, -0.2) is 18.1 Å². The zero-order valence-electron chi connectivity index (χ0n) is 9.17. The molecule has 0 aromatic carbocycles. The lowest BCUT2D eigenvalue weighted by Crippen LogP contribution is -2.26. The van der Waals surface area contributed by atoms with Crippen LogP contribution in [-0.4, -0.2) is 30.1 Å². The first kappa shape index (κ1) is 12.2. The van der Waals surface area contributed by atoms with Crippen LogP contribution in [0.15, 0.2) is 22.7 Å². The molecule has 0 spiro atoms. The molecular weight excluding hydrogens is 260 g/mol. The number of aryl methyl sites for hydroxylation is 1. The number of aromatic nitrogens is 3. The number of hydrogen-bond donors (Lipinski definition) is 2. The Hall–Kier alpha value is -1.25. The van der Waals surface area contributed by atoms with Crippen LogP contribution in [0.4, 0.5) is 0 Å². The molecule has 0 amide bonds. The molecule has 2 N–H and O–H groups in total. The van der Waals surface area contributed by atoms with Gasteiger partial charge in [0.1, 0.15) is 4.90 Å². The van der Waals surface area contributed by atoms with E-state index in [0.29, 0.717) is 18.7 Å². The quantitative estimate of drug-likeness (QED) is 0.838. The van der Waals surface area contributed by atoms with Gasteiger partial charge in [-0.3, -0.25) is 5.10 Å². The van der Waals surface area contributed by atoms with Crippen LogP contribution in [0.2, 0.25) is 0 Å². The van der Waals surface area contributed by atoms with Crippen molar-refractivity contribution >= 4 is 21.4 Å². The molecule has 0 bridgehead atoms. The molecular formula is C9H12N4O2S2. The molecule has 92 valence electrons. The third kappa shape index (κ3) is 2.90. The van der Waals surface area contributed by atoms with Gasteiger partial charge >= 0.3 is 0 Å². The fraction of sp³-hybridized carbons (Fsp3) is 0.333. The summed E-state index contributed by atoms with van der Waals surface area (Å²) in [6.45, 7) is 2.00. The number of sulfonamides is 1. The molecule has 0 aliphatic rings. The van der Waals surface area contributed by atoms with E-state index in [1.54, 1.807) is 13.1 Å². The fourth-order valence-electron chi connectivity index (χ4n) is 1.36. The van der Waals surface area contributed by atoms with Crippen molar-refractivity contribution in [1.29, 1.82) is 0 Å². The molecule has 0 saturated carbocycles. The Morgan fingerprint density at radius 3 is 2.94 bits per heavy atom. The van der Waals surface area contributed by atoms with Gasteiger partial charge < -0.3 is 0 Å². The second kappa shape index (κ2) is 4.94. The summed E-state index contributed by atoms with van der Waals surface area (Å²) in [5.41, 5.74) is 0.534. The highest BCUT2D eigenvalue weighted by molar-refractivity contribution is 7.89. The van der Waals surface area contributed by atoms with E-state index in [2.05, 4.69) is 19.9 Å². The van der Waals surface area contributed by atoms with Crippen molar-refractivity contribution in [2.75, 3.05) is 6.54 Å². The fourth-order valence-corrected chi connectivity index (χ4v) is 3.14. The van der Waals surface area contributed by atoms with Crippen molar-refractivity contribution in [3.05, 3.63) is 28.5 Å². The van der Waals surface area contributed by atoms with Gasteiger partial charge in [0.25, 0.3) is 0 Å². The number of nitrogens with one attached hydrogen (secondary N) is 2. The van der Waals surface area contributed by atoms with Crippen molar-refractivity contribution in [2.24, 2.45) is 0 Å². The maximum absolute atomic E-state index is 11.9. The normalized spacial score (nSPS) is 11.8. The minimum Gasteiger partial charge on any atom is -0.281 e. The van der Waals surface area contributed by atoms with E-state index in [-0.39, 0.29) is 4.90 Å². The molecule has 2 aromatic heterocycles. The van der Waals surface area contributed by atoms with E-state index < -0.39 is 10.0 Å². The van der Waals surface area contributed by atoms with Crippen molar-refractivity contribution in [1.82, 2.24) is 19.9 Å². The average molecular weight is 272 g/mol. The third-order valence-electron chi connectivity index (χ3n) is 2.19. The van der Waals surface area contributed by atoms with Crippen LogP contribution in [0.5, 0.6) is 0 Å². The molecule has 0 saturated heterocycles. The van der Waals surface area contributed by atoms with Gasteiger partial charge in [-0.15, -0.1) is 11.3 Å². The number of hydrogen-bond acceptors (Lipinski definition) is 5. The van der Waals surface area contributed by atoms with Crippen LogP contribution in [0.25, 0.3) is 0 Å². The van der Waals surface area contributed by atoms with Gasteiger partial charge in [0.15, 0.2) is 0 Å². The minimum atomic E-state index is -3.47. The number of aromatic amines is 1. The molecule has 17 heavy (non-hydrogen) atoms. The zero-order valence-corrected chi connectivity index (χ0v) is 10.8. The van der Waals surface area contributed by atoms with E-state index in [4.69, 9.17) is 0 Å².